The third-order valence-corrected chi connectivity index (χ3v) is 2.43. The van der Waals surface area contributed by atoms with Crippen LogP contribution in [0.3, 0.4) is 0 Å². The molecule has 5 heteroatoms. The predicted octanol–water partition coefficient (Wildman–Crippen LogP) is 0.854. The van der Waals surface area contributed by atoms with E-state index in [0.717, 1.165) is 18.7 Å². The summed E-state index contributed by atoms with van der Waals surface area (Å²) in [6.07, 6.45) is 3.68. The lowest BCUT2D eigenvalue weighted by Crippen LogP contribution is -2.34. The lowest BCUT2D eigenvalue weighted by molar-refractivity contribution is 0.315. The van der Waals surface area contributed by atoms with Crippen molar-refractivity contribution < 1.29 is 5.21 Å². The molecule has 0 aromatic carbocycles. The molecule has 78 valence electrons. The molecule has 0 spiro atoms. The predicted molar refractivity (Wildman–Crippen MR) is 58.5 cm³/mol. The highest BCUT2D eigenvalue weighted by atomic mass is 32.2. The number of amidine groups is 1. The minimum Gasteiger partial charge on any atom is -0.409 e. The smallest absolute Gasteiger partial charge is 0.140 e. The van der Waals surface area contributed by atoms with Crippen molar-refractivity contribution in [1.29, 1.82) is 0 Å². The van der Waals surface area contributed by atoms with Gasteiger partial charge in [0.25, 0.3) is 0 Å². The summed E-state index contributed by atoms with van der Waals surface area (Å²) in [5.41, 5.74) is 5.41. The Hall–Kier alpha value is -0.420. The number of oxime groups is 1. The average Bonchev–Trinajstić information content (AvgIpc) is 2.16. The Kier molecular flexibility index (Phi) is 7.93. The van der Waals surface area contributed by atoms with Crippen LogP contribution in [0, 0.1) is 0 Å². The molecule has 0 aliphatic rings. The highest BCUT2D eigenvalue weighted by Gasteiger charge is 2.06. The van der Waals surface area contributed by atoms with Gasteiger partial charge in [0.05, 0.1) is 0 Å². The van der Waals surface area contributed by atoms with Crippen molar-refractivity contribution >= 4 is 17.6 Å². The van der Waals surface area contributed by atoms with Gasteiger partial charge < -0.3 is 16.3 Å². The second kappa shape index (κ2) is 8.19. The van der Waals surface area contributed by atoms with Crippen LogP contribution in [0.4, 0.5) is 0 Å². The maximum absolute atomic E-state index is 8.38. The van der Waals surface area contributed by atoms with Gasteiger partial charge in [-0.3, -0.25) is 0 Å². The Morgan fingerprint density at radius 2 is 2.38 bits per heavy atom. The van der Waals surface area contributed by atoms with Gasteiger partial charge >= 0.3 is 0 Å². The van der Waals surface area contributed by atoms with Crippen molar-refractivity contribution in [2.24, 2.45) is 10.9 Å². The molecule has 0 fully saturated rings. The summed E-state index contributed by atoms with van der Waals surface area (Å²) < 4.78 is 0. The van der Waals surface area contributed by atoms with Crippen LogP contribution in [0.5, 0.6) is 0 Å². The molecule has 0 aromatic heterocycles. The van der Waals surface area contributed by atoms with Gasteiger partial charge in [0.2, 0.25) is 0 Å². The normalized spacial score (nSPS) is 14.5. The number of hydrogen-bond acceptors (Lipinski definition) is 4. The molecule has 1 atom stereocenters. The molecule has 0 aromatic rings. The topological polar surface area (TPSA) is 70.6 Å². The Morgan fingerprint density at radius 1 is 1.69 bits per heavy atom. The zero-order valence-electron chi connectivity index (χ0n) is 8.29. The first-order chi connectivity index (χ1) is 6.24. The number of nitrogens with zero attached hydrogens (tertiary/aromatic N) is 1. The Morgan fingerprint density at radius 3 is 2.85 bits per heavy atom. The molecule has 1 unspecified atom stereocenters. The number of thioether (sulfide) groups is 1. The molecule has 0 aliphatic carbocycles. The largest absolute Gasteiger partial charge is 0.409 e. The zero-order chi connectivity index (χ0) is 10.1. The van der Waals surface area contributed by atoms with Crippen LogP contribution < -0.4 is 11.1 Å². The van der Waals surface area contributed by atoms with Crippen molar-refractivity contribution in [3.05, 3.63) is 0 Å². The number of hydrogen-bond donors (Lipinski definition) is 3. The summed E-state index contributed by atoms with van der Waals surface area (Å²) in [7, 11) is 0. The summed E-state index contributed by atoms with van der Waals surface area (Å²) in [5.74, 6) is 1.38. The first-order valence-corrected chi connectivity index (χ1v) is 5.82. The number of nitrogens with two attached hydrogens (primary N) is 1. The van der Waals surface area contributed by atoms with E-state index in [1.54, 1.807) is 11.8 Å². The van der Waals surface area contributed by atoms with Gasteiger partial charge in [0.1, 0.15) is 5.84 Å². The van der Waals surface area contributed by atoms with Gasteiger partial charge in [-0.2, -0.15) is 11.8 Å². The summed E-state index contributed by atoms with van der Waals surface area (Å²) >= 11 is 1.81. The van der Waals surface area contributed by atoms with E-state index in [2.05, 4.69) is 23.7 Å². The van der Waals surface area contributed by atoms with E-state index >= 15 is 0 Å². The van der Waals surface area contributed by atoms with Crippen molar-refractivity contribution in [1.82, 2.24) is 5.32 Å². The molecule has 0 saturated carbocycles. The molecule has 0 rings (SSSR count). The van der Waals surface area contributed by atoms with Crippen molar-refractivity contribution in [2.75, 3.05) is 18.6 Å². The highest BCUT2D eigenvalue weighted by Crippen LogP contribution is 1.98. The SMILES string of the molecule is CCC(CC(N)=NO)NCCSC. The van der Waals surface area contributed by atoms with Crippen LogP contribution in [0.25, 0.3) is 0 Å². The highest BCUT2D eigenvalue weighted by molar-refractivity contribution is 7.98. The van der Waals surface area contributed by atoms with Crippen LogP contribution in [-0.2, 0) is 0 Å². The molecule has 13 heavy (non-hydrogen) atoms. The molecular weight excluding hydrogens is 186 g/mol. The minimum atomic E-state index is 0.295. The van der Waals surface area contributed by atoms with E-state index in [9.17, 15) is 0 Å². The molecule has 0 heterocycles. The Labute approximate surface area is 84.0 Å². The first-order valence-electron chi connectivity index (χ1n) is 4.43. The summed E-state index contributed by atoms with van der Waals surface area (Å²) in [4.78, 5) is 0. The van der Waals surface area contributed by atoms with Crippen LogP contribution in [0.2, 0.25) is 0 Å². The minimum absolute atomic E-state index is 0.295. The van der Waals surface area contributed by atoms with Gasteiger partial charge in [0, 0.05) is 24.8 Å². The van der Waals surface area contributed by atoms with Gasteiger partial charge in [-0.25, -0.2) is 0 Å². The molecule has 0 amide bonds. The van der Waals surface area contributed by atoms with Gasteiger partial charge in [-0.15, -0.1) is 0 Å². The lowest BCUT2D eigenvalue weighted by atomic mass is 10.1. The van der Waals surface area contributed by atoms with Crippen LogP contribution in [0.15, 0.2) is 5.16 Å². The summed E-state index contributed by atoms with van der Waals surface area (Å²) in [6.45, 7) is 3.06. The number of nitrogens with one attached hydrogen (secondary N) is 1. The molecule has 0 saturated heterocycles. The van der Waals surface area contributed by atoms with E-state index in [0.29, 0.717) is 18.3 Å². The Bertz CT molecular complexity index is 152. The van der Waals surface area contributed by atoms with Crippen molar-refractivity contribution in [2.45, 2.75) is 25.8 Å². The van der Waals surface area contributed by atoms with Crippen LogP contribution in [0.1, 0.15) is 19.8 Å². The van der Waals surface area contributed by atoms with E-state index < -0.39 is 0 Å². The summed E-state index contributed by atoms with van der Waals surface area (Å²) in [6, 6.07) is 0.322. The lowest BCUT2D eigenvalue weighted by Gasteiger charge is -2.15. The standard InChI is InChI=1S/C8H19N3OS/c1-3-7(6-8(9)11-12)10-4-5-13-2/h7,10,12H,3-6H2,1-2H3,(H2,9,11). The van der Waals surface area contributed by atoms with Gasteiger partial charge in [-0.05, 0) is 12.7 Å². The fourth-order valence-electron chi connectivity index (χ4n) is 1.02. The quantitative estimate of drug-likeness (QED) is 0.189. The molecule has 0 radical (unpaired) electrons. The average molecular weight is 205 g/mol. The molecule has 0 aliphatic heterocycles. The van der Waals surface area contributed by atoms with Crippen LogP contribution >= 0.6 is 11.8 Å². The fourth-order valence-corrected chi connectivity index (χ4v) is 1.34. The molecule has 4 N–H and O–H groups in total. The van der Waals surface area contributed by atoms with Crippen LogP contribution in [-0.4, -0.2) is 35.6 Å². The monoisotopic (exact) mass is 205 g/mol. The van der Waals surface area contributed by atoms with E-state index in [-0.39, 0.29) is 0 Å². The van der Waals surface area contributed by atoms with E-state index in [4.69, 9.17) is 10.9 Å². The maximum Gasteiger partial charge on any atom is 0.140 e. The molecular formula is C8H19N3OS. The molecule has 0 bridgehead atoms. The fraction of sp³-hybridized carbons (Fsp3) is 0.875. The maximum atomic E-state index is 8.38. The van der Waals surface area contributed by atoms with E-state index in [1.807, 2.05) is 0 Å². The third-order valence-electron chi connectivity index (χ3n) is 1.82. The molecule has 4 nitrogen and oxygen atoms in total. The summed E-state index contributed by atoms with van der Waals surface area (Å²) in [5, 5.41) is 14.7. The van der Waals surface area contributed by atoms with Crippen molar-refractivity contribution in [3.63, 3.8) is 0 Å². The second-order valence-corrected chi connectivity index (χ2v) is 3.83. The van der Waals surface area contributed by atoms with E-state index in [1.165, 1.54) is 0 Å². The Balaban J connectivity index is 3.63. The first kappa shape index (κ1) is 12.6. The third kappa shape index (κ3) is 6.72. The number of rotatable bonds is 7. The van der Waals surface area contributed by atoms with Gasteiger partial charge in [0.15, 0.2) is 0 Å². The second-order valence-electron chi connectivity index (χ2n) is 2.85. The zero-order valence-corrected chi connectivity index (χ0v) is 9.10. The van der Waals surface area contributed by atoms with Crippen molar-refractivity contribution in [3.8, 4) is 0 Å². The van der Waals surface area contributed by atoms with Gasteiger partial charge in [-0.1, -0.05) is 12.1 Å².